The minimum absolute atomic E-state index is 0.00994. The SMILES string of the molecule is O=C(Cc1ccn[nH]1)Nc1ccc(Cl)c(C(F)(F)F)c1. The molecule has 0 aliphatic heterocycles. The molecule has 0 saturated carbocycles. The van der Waals surface area contributed by atoms with E-state index in [1.807, 2.05) is 0 Å². The first-order valence-electron chi connectivity index (χ1n) is 5.51. The normalized spacial score (nSPS) is 11.4. The lowest BCUT2D eigenvalue weighted by atomic mass is 10.2. The molecule has 0 fully saturated rings. The van der Waals surface area contributed by atoms with E-state index in [-0.39, 0.29) is 12.1 Å². The van der Waals surface area contributed by atoms with Crippen LogP contribution in [0.5, 0.6) is 0 Å². The van der Waals surface area contributed by atoms with Crippen LogP contribution in [0.25, 0.3) is 0 Å². The third-order valence-corrected chi connectivity index (χ3v) is 2.79. The fraction of sp³-hybridized carbons (Fsp3) is 0.167. The van der Waals surface area contributed by atoms with Gasteiger partial charge in [0.2, 0.25) is 5.91 Å². The van der Waals surface area contributed by atoms with Gasteiger partial charge in [-0.3, -0.25) is 9.89 Å². The van der Waals surface area contributed by atoms with Gasteiger partial charge in [-0.25, -0.2) is 0 Å². The lowest BCUT2D eigenvalue weighted by molar-refractivity contribution is -0.137. The van der Waals surface area contributed by atoms with E-state index in [9.17, 15) is 18.0 Å². The Kier molecular flexibility index (Phi) is 3.99. The second-order valence-corrected chi connectivity index (χ2v) is 4.41. The number of nitrogens with one attached hydrogen (secondary N) is 2. The van der Waals surface area contributed by atoms with E-state index in [2.05, 4.69) is 15.5 Å². The van der Waals surface area contributed by atoms with Crippen LogP contribution < -0.4 is 5.32 Å². The van der Waals surface area contributed by atoms with Gasteiger partial charge in [-0.15, -0.1) is 0 Å². The highest BCUT2D eigenvalue weighted by Crippen LogP contribution is 2.36. The van der Waals surface area contributed by atoms with Gasteiger partial charge < -0.3 is 5.32 Å². The zero-order chi connectivity index (χ0) is 14.8. The molecule has 1 aromatic carbocycles. The first kappa shape index (κ1) is 14.4. The van der Waals surface area contributed by atoms with Crippen molar-refractivity contribution in [2.75, 3.05) is 5.32 Å². The quantitative estimate of drug-likeness (QED) is 0.914. The Balaban J connectivity index is 2.12. The van der Waals surface area contributed by atoms with Gasteiger partial charge in [-0.1, -0.05) is 11.6 Å². The fourth-order valence-electron chi connectivity index (χ4n) is 1.58. The first-order chi connectivity index (χ1) is 9.36. The van der Waals surface area contributed by atoms with Gasteiger partial charge in [0.05, 0.1) is 17.0 Å². The highest BCUT2D eigenvalue weighted by Gasteiger charge is 2.33. The maximum atomic E-state index is 12.7. The van der Waals surface area contributed by atoms with Crippen LogP contribution in [0.15, 0.2) is 30.5 Å². The van der Waals surface area contributed by atoms with Gasteiger partial charge in [0, 0.05) is 17.6 Å². The van der Waals surface area contributed by atoms with Crippen molar-refractivity contribution in [3.8, 4) is 0 Å². The van der Waals surface area contributed by atoms with E-state index in [1.54, 1.807) is 6.07 Å². The van der Waals surface area contributed by atoms with Crippen LogP contribution in [-0.2, 0) is 17.4 Å². The summed E-state index contributed by atoms with van der Waals surface area (Å²) in [6.45, 7) is 0. The van der Waals surface area contributed by atoms with Crippen molar-refractivity contribution in [2.45, 2.75) is 12.6 Å². The molecule has 2 aromatic rings. The number of aromatic nitrogens is 2. The minimum atomic E-state index is -4.57. The van der Waals surface area contributed by atoms with Crippen molar-refractivity contribution < 1.29 is 18.0 Å². The molecule has 0 unspecified atom stereocenters. The summed E-state index contributed by atoms with van der Waals surface area (Å²) in [6, 6.07) is 4.80. The van der Waals surface area contributed by atoms with Crippen molar-refractivity contribution in [1.82, 2.24) is 10.2 Å². The number of amides is 1. The number of carbonyl (C=O) groups excluding carboxylic acids is 1. The Labute approximate surface area is 116 Å². The minimum Gasteiger partial charge on any atom is -0.326 e. The number of nitrogens with zero attached hydrogens (tertiary/aromatic N) is 1. The summed E-state index contributed by atoms with van der Waals surface area (Å²) in [5.41, 5.74) is -0.391. The third kappa shape index (κ3) is 3.51. The summed E-state index contributed by atoms with van der Waals surface area (Å²) < 4.78 is 38.0. The third-order valence-electron chi connectivity index (χ3n) is 2.46. The molecule has 0 aliphatic carbocycles. The zero-order valence-electron chi connectivity index (χ0n) is 9.96. The fourth-order valence-corrected chi connectivity index (χ4v) is 1.81. The van der Waals surface area contributed by atoms with Crippen LogP contribution in [0.1, 0.15) is 11.3 Å². The second-order valence-electron chi connectivity index (χ2n) is 4.00. The molecule has 0 atom stereocenters. The molecule has 4 nitrogen and oxygen atoms in total. The van der Waals surface area contributed by atoms with E-state index >= 15 is 0 Å². The van der Waals surface area contributed by atoms with Crippen LogP contribution in [0.3, 0.4) is 0 Å². The predicted octanol–water partition coefficient (Wildman–Crippen LogP) is 3.26. The molecule has 1 aromatic heterocycles. The topological polar surface area (TPSA) is 57.8 Å². The molecular formula is C12H9ClF3N3O. The van der Waals surface area contributed by atoms with E-state index in [4.69, 9.17) is 11.6 Å². The van der Waals surface area contributed by atoms with Crippen LogP contribution in [-0.4, -0.2) is 16.1 Å². The molecule has 20 heavy (non-hydrogen) atoms. The van der Waals surface area contributed by atoms with E-state index in [1.165, 1.54) is 12.3 Å². The first-order valence-corrected chi connectivity index (χ1v) is 5.89. The number of rotatable bonds is 3. The molecule has 8 heteroatoms. The average Bonchev–Trinajstić information content (AvgIpc) is 2.83. The van der Waals surface area contributed by atoms with Gasteiger partial charge in [-0.2, -0.15) is 18.3 Å². The second kappa shape index (κ2) is 5.54. The highest BCUT2D eigenvalue weighted by molar-refractivity contribution is 6.31. The molecule has 1 amide bonds. The molecule has 1 heterocycles. The lowest BCUT2D eigenvalue weighted by Crippen LogP contribution is -2.15. The maximum absolute atomic E-state index is 12.7. The van der Waals surface area contributed by atoms with Crippen LogP contribution in [0.2, 0.25) is 5.02 Å². The monoisotopic (exact) mass is 303 g/mol. The van der Waals surface area contributed by atoms with Crippen LogP contribution in [0.4, 0.5) is 18.9 Å². The molecule has 0 radical (unpaired) electrons. The number of H-pyrrole nitrogens is 1. The number of benzene rings is 1. The van der Waals surface area contributed by atoms with E-state index < -0.39 is 22.7 Å². The molecule has 2 N–H and O–H groups in total. The highest BCUT2D eigenvalue weighted by atomic mass is 35.5. The van der Waals surface area contributed by atoms with Crippen LogP contribution >= 0.6 is 11.6 Å². The van der Waals surface area contributed by atoms with Gasteiger partial charge in [0.15, 0.2) is 0 Å². The van der Waals surface area contributed by atoms with E-state index in [0.717, 1.165) is 12.1 Å². The Hall–Kier alpha value is -2.02. The molecule has 0 bridgehead atoms. The number of aromatic amines is 1. The van der Waals surface area contributed by atoms with Crippen LogP contribution in [0, 0.1) is 0 Å². The maximum Gasteiger partial charge on any atom is 0.417 e. The Morgan fingerprint density at radius 1 is 1.35 bits per heavy atom. The molecule has 106 valence electrons. The zero-order valence-corrected chi connectivity index (χ0v) is 10.7. The number of hydrogen-bond donors (Lipinski definition) is 2. The van der Waals surface area contributed by atoms with E-state index in [0.29, 0.717) is 5.69 Å². The molecular weight excluding hydrogens is 295 g/mol. The number of anilines is 1. The van der Waals surface area contributed by atoms with Crippen molar-refractivity contribution in [1.29, 1.82) is 0 Å². The Morgan fingerprint density at radius 2 is 2.10 bits per heavy atom. The summed E-state index contributed by atoms with van der Waals surface area (Å²) in [5.74, 6) is -0.454. The molecule has 2 rings (SSSR count). The summed E-state index contributed by atoms with van der Waals surface area (Å²) in [6.07, 6.45) is -3.10. The van der Waals surface area contributed by atoms with Crippen molar-refractivity contribution in [3.63, 3.8) is 0 Å². The summed E-state index contributed by atoms with van der Waals surface area (Å²) >= 11 is 5.49. The number of hydrogen-bond acceptors (Lipinski definition) is 2. The number of alkyl halides is 3. The Morgan fingerprint density at radius 3 is 2.70 bits per heavy atom. The average molecular weight is 304 g/mol. The number of carbonyl (C=O) groups is 1. The van der Waals surface area contributed by atoms with Crippen molar-refractivity contribution in [2.24, 2.45) is 0 Å². The van der Waals surface area contributed by atoms with Gasteiger partial charge >= 0.3 is 6.18 Å². The van der Waals surface area contributed by atoms with Gasteiger partial charge in [0.25, 0.3) is 0 Å². The summed E-state index contributed by atoms with van der Waals surface area (Å²) in [4.78, 5) is 11.7. The standard InChI is InChI=1S/C12H9ClF3N3O/c13-10-2-1-7(5-9(10)12(14,15)16)18-11(20)6-8-3-4-17-19-8/h1-5H,6H2,(H,17,19)(H,18,20). The largest absolute Gasteiger partial charge is 0.417 e. The van der Waals surface area contributed by atoms with Gasteiger partial charge in [-0.05, 0) is 24.3 Å². The lowest BCUT2D eigenvalue weighted by Gasteiger charge is -2.11. The smallest absolute Gasteiger partial charge is 0.326 e. The summed E-state index contributed by atoms with van der Waals surface area (Å²) in [5, 5.41) is 8.22. The predicted molar refractivity (Wildman–Crippen MR) is 67.4 cm³/mol. The molecule has 0 spiro atoms. The number of halogens is 4. The van der Waals surface area contributed by atoms with Gasteiger partial charge in [0.1, 0.15) is 0 Å². The molecule has 0 saturated heterocycles. The summed E-state index contributed by atoms with van der Waals surface area (Å²) in [7, 11) is 0. The van der Waals surface area contributed by atoms with Crippen molar-refractivity contribution in [3.05, 3.63) is 46.7 Å². The Bertz CT molecular complexity index is 611. The molecule has 0 aliphatic rings. The van der Waals surface area contributed by atoms with Crippen molar-refractivity contribution >= 4 is 23.2 Å².